The first kappa shape index (κ1) is 25.0. The SMILES string of the molecule is CC(=O)c1ccc(C)c(N(C)c2ccnc(Nc3cc(N4CCOCC4)cc(N4CCOCC4)c3)n2)c1. The van der Waals surface area contributed by atoms with Crippen molar-refractivity contribution in [3.05, 3.63) is 59.8 Å². The Kier molecular flexibility index (Phi) is 7.52. The van der Waals surface area contributed by atoms with Crippen molar-refractivity contribution in [3.63, 3.8) is 0 Å². The van der Waals surface area contributed by atoms with Crippen molar-refractivity contribution in [2.24, 2.45) is 0 Å². The number of anilines is 6. The van der Waals surface area contributed by atoms with Gasteiger partial charge in [-0.15, -0.1) is 0 Å². The third-order valence-electron chi connectivity index (χ3n) is 6.87. The summed E-state index contributed by atoms with van der Waals surface area (Å²) in [5, 5.41) is 3.44. The van der Waals surface area contributed by atoms with E-state index < -0.39 is 0 Å². The molecule has 2 saturated heterocycles. The topological polar surface area (TPSA) is 83.1 Å². The molecule has 5 rings (SSSR count). The van der Waals surface area contributed by atoms with Crippen molar-refractivity contribution in [2.45, 2.75) is 13.8 Å². The van der Waals surface area contributed by atoms with Gasteiger partial charge in [-0.3, -0.25) is 4.79 Å². The second-order valence-electron chi connectivity index (χ2n) is 9.42. The van der Waals surface area contributed by atoms with Crippen molar-refractivity contribution in [3.8, 4) is 0 Å². The predicted molar refractivity (Wildman–Crippen MR) is 147 cm³/mol. The standard InChI is InChI=1S/C28H34N6O3/c1-20-4-5-22(21(2)35)16-26(20)32(3)27-6-7-29-28(31-27)30-23-17-24(33-8-12-36-13-9-33)19-25(18-23)34-10-14-37-15-11-34/h4-7,16-19H,8-15H2,1-3H3,(H,29,30,31). The second kappa shape index (κ2) is 11.1. The number of aromatic nitrogens is 2. The number of nitrogens with zero attached hydrogens (tertiary/aromatic N) is 5. The Morgan fingerprint density at radius 2 is 1.54 bits per heavy atom. The predicted octanol–water partition coefficient (Wildman–Crippen LogP) is 4.17. The number of morpholine rings is 2. The highest BCUT2D eigenvalue weighted by molar-refractivity contribution is 5.95. The molecule has 0 saturated carbocycles. The number of ether oxygens (including phenoxy) is 2. The van der Waals surface area contributed by atoms with E-state index in [2.05, 4.69) is 38.3 Å². The molecule has 0 bridgehead atoms. The van der Waals surface area contributed by atoms with Gasteiger partial charge in [-0.05, 0) is 49.7 Å². The molecule has 1 aromatic heterocycles. The number of hydrogen-bond acceptors (Lipinski definition) is 9. The Hall–Kier alpha value is -3.69. The molecular weight excluding hydrogens is 468 g/mol. The molecule has 2 aliphatic rings. The van der Waals surface area contributed by atoms with Crippen molar-refractivity contribution in [1.29, 1.82) is 0 Å². The Morgan fingerprint density at radius 3 is 2.14 bits per heavy atom. The summed E-state index contributed by atoms with van der Waals surface area (Å²) in [6, 6.07) is 14.1. The highest BCUT2D eigenvalue weighted by Gasteiger charge is 2.18. The largest absolute Gasteiger partial charge is 0.378 e. The lowest BCUT2D eigenvalue weighted by Gasteiger charge is -2.33. The molecule has 0 spiro atoms. The van der Waals surface area contributed by atoms with E-state index in [0.717, 1.165) is 86.7 Å². The van der Waals surface area contributed by atoms with Gasteiger partial charge in [0, 0.05) is 67.7 Å². The average Bonchev–Trinajstić information content (AvgIpc) is 2.94. The monoisotopic (exact) mass is 502 g/mol. The molecule has 0 amide bonds. The van der Waals surface area contributed by atoms with E-state index in [1.807, 2.05) is 43.1 Å². The normalized spacial score (nSPS) is 16.0. The van der Waals surface area contributed by atoms with Crippen LogP contribution < -0.4 is 20.0 Å². The van der Waals surface area contributed by atoms with E-state index in [4.69, 9.17) is 14.5 Å². The van der Waals surface area contributed by atoms with Gasteiger partial charge in [0.05, 0.1) is 26.4 Å². The maximum Gasteiger partial charge on any atom is 0.229 e. The summed E-state index contributed by atoms with van der Waals surface area (Å²) < 4.78 is 11.1. The van der Waals surface area contributed by atoms with E-state index in [9.17, 15) is 4.79 Å². The van der Waals surface area contributed by atoms with Gasteiger partial charge in [-0.1, -0.05) is 12.1 Å². The van der Waals surface area contributed by atoms with Crippen LogP contribution in [0.1, 0.15) is 22.8 Å². The van der Waals surface area contributed by atoms with Crippen molar-refractivity contribution < 1.29 is 14.3 Å². The molecule has 3 aromatic rings. The molecule has 9 nitrogen and oxygen atoms in total. The molecule has 3 heterocycles. The second-order valence-corrected chi connectivity index (χ2v) is 9.42. The highest BCUT2D eigenvalue weighted by Crippen LogP contribution is 2.32. The first-order valence-electron chi connectivity index (χ1n) is 12.7. The lowest BCUT2D eigenvalue weighted by molar-refractivity contribution is 0.101. The minimum Gasteiger partial charge on any atom is -0.378 e. The molecule has 9 heteroatoms. The first-order chi connectivity index (χ1) is 18.0. The van der Waals surface area contributed by atoms with Gasteiger partial charge in [0.25, 0.3) is 0 Å². The van der Waals surface area contributed by atoms with Crippen LogP contribution in [0.25, 0.3) is 0 Å². The quantitative estimate of drug-likeness (QED) is 0.479. The lowest BCUT2D eigenvalue weighted by Crippen LogP contribution is -2.38. The number of benzene rings is 2. The Bertz CT molecular complexity index is 1220. The minimum absolute atomic E-state index is 0.0379. The fraction of sp³-hybridized carbons (Fsp3) is 0.393. The van der Waals surface area contributed by atoms with Gasteiger partial charge in [-0.2, -0.15) is 4.98 Å². The molecule has 0 radical (unpaired) electrons. The average molecular weight is 503 g/mol. The fourth-order valence-corrected chi connectivity index (χ4v) is 4.71. The van der Waals surface area contributed by atoms with Crippen LogP contribution in [0, 0.1) is 6.92 Å². The number of rotatable bonds is 7. The fourth-order valence-electron chi connectivity index (χ4n) is 4.71. The number of hydrogen-bond donors (Lipinski definition) is 1. The number of carbonyl (C=O) groups is 1. The number of carbonyl (C=O) groups excluding carboxylic acids is 1. The Morgan fingerprint density at radius 1 is 0.919 bits per heavy atom. The molecule has 0 aliphatic carbocycles. The van der Waals surface area contributed by atoms with E-state index in [1.54, 1.807) is 13.1 Å². The zero-order valence-electron chi connectivity index (χ0n) is 21.7. The van der Waals surface area contributed by atoms with E-state index in [1.165, 1.54) is 0 Å². The Balaban J connectivity index is 1.43. The summed E-state index contributed by atoms with van der Waals surface area (Å²) in [6.45, 7) is 9.97. The molecule has 1 N–H and O–H groups in total. The molecule has 2 fully saturated rings. The third-order valence-corrected chi connectivity index (χ3v) is 6.87. The van der Waals surface area contributed by atoms with E-state index in [-0.39, 0.29) is 5.78 Å². The van der Waals surface area contributed by atoms with Crippen LogP contribution in [-0.2, 0) is 9.47 Å². The number of nitrogens with one attached hydrogen (secondary N) is 1. The molecule has 37 heavy (non-hydrogen) atoms. The molecular formula is C28H34N6O3. The van der Waals surface area contributed by atoms with Crippen LogP contribution in [0.5, 0.6) is 0 Å². The number of Topliss-reactive ketones (excluding diaryl/α,β-unsaturated/α-hetero) is 1. The van der Waals surface area contributed by atoms with Crippen LogP contribution in [0.2, 0.25) is 0 Å². The molecule has 2 aliphatic heterocycles. The van der Waals surface area contributed by atoms with E-state index >= 15 is 0 Å². The summed E-state index contributed by atoms with van der Waals surface area (Å²) >= 11 is 0. The van der Waals surface area contributed by atoms with Crippen LogP contribution in [0.4, 0.5) is 34.5 Å². The zero-order chi connectivity index (χ0) is 25.8. The van der Waals surface area contributed by atoms with Crippen LogP contribution in [0.3, 0.4) is 0 Å². The smallest absolute Gasteiger partial charge is 0.229 e. The van der Waals surface area contributed by atoms with Crippen molar-refractivity contribution in [2.75, 3.05) is 79.7 Å². The minimum atomic E-state index is 0.0379. The summed E-state index contributed by atoms with van der Waals surface area (Å²) in [6.07, 6.45) is 1.75. The lowest BCUT2D eigenvalue weighted by atomic mass is 10.1. The van der Waals surface area contributed by atoms with Gasteiger partial charge < -0.3 is 29.5 Å². The van der Waals surface area contributed by atoms with Crippen LogP contribution in [-0.4, -0.2) is 75.4 Å². The summed E-state index contributed by atoms with van der Waals surface area (Å²) in [4.78, 5) is 27.9. The number of ketones is 1. The van der Waals surface area contributed by atoms with Crippen molar-refractivity contribution in [1.82, 2.24) is 9.97 Å². The van der Waals surface area contributed by atoms with Gasteiger partial charge in [-0.25, -0.2) is 4.98 Å². The van der Waals surface area contributed by atoms with Crippen LogP contribution >= 0.6 is 0 Å². The Labute approximate surface area is 218 Å². The number of aryl methyl sites for hydroxylation is 1. The first-order valence-corrected chi connectivity index (χ1v) is 12.7. The molecule has 2 aromatic carbocycles. The zero-order valence-corrected chi connectivity index (χ0v) is 21.7. The highest BCUT2D eigenvalue weighted by atomic mass is 16.5. The summed E-state index contributed by atoms with van der Waals surface area (Å²) in [5.74, 6) is 1.28. The van der Waals surface area contributed by atoms with Crippen molar-refractivity contribution >= 4 is 40.3 Å². The summed E-state index contributed by atoms with van der Waals surface area (Å²) in [5.41, 5.74) is 5.91. The van der Waals surface area contributed by atoms with Gasteiger partial charge in [0.1, 0.15) is 5.82 Å². The van der Waals surface area contributed by atoms with Gasteiger partial charge in [0.15, 0.2) is 5.78 Å². The molecule has 0 unspecified atom stereocenters. The maximum absolute atomic E-state index is 11.9. The van der Waals surface area contributed by atoms with Crippen LogP contribution in [0.15, 0.2) is 48.7 Å². The van der Waals surface area contributed by atoms with E-state index in [0.29, 0.717) is 11.5 Å². The van der Waals surface area contributed by atoms with Gasteiger partial charge >= 0.3 is 0 Å². The third kappa shape index (κ3) is 5.84. The maximum atomic E-state index is 11.9. The van der Waals surface area contributed by atoms with Gasteiger partial charge in [0.2, 0.25) is 5.95 Å². The summed E-state index contributed by atoms with van der Waals surface area (Å²) in [7, 11) is 1.95. The molecule has 0 atom stereocenters. The molecule has 194 valence electrons.